The highest BCUT2D eigenvalue weighted by molar-refractivity contribution is 7.15. The Morgan fingerprint density at radius 1 is 1.32 bits per heavy atom. The van der Waals surface area contributed by atoms with E-state index < -0.39 is 11.5 Å². The number of carbonyl (C=O) groups is 1. The fourth-order valence-electron chi connectivity index (χ4n) is 2.88. The van der Waals surface area contributed by atoms with Crippen LogP contribution < -0.4 is 10.9 Å². The number of H-pyrrole nitrogens is 1. The predicted octanol–water partition coefficient (Wildman–Crippen LogP) is 4.09. The number of hydrogen-bond acceptors (Lipinski definition) is 6. The van der Waals surface area contributed by atoms with Gasteiger partial charge in [0.2, 0.25) is 5.71 Å². The van der Waals surface area contributed by atoms with Crippen LogP contribution in [0.3, 0.4) is 0 Å². The number of furan rings is 1. The summed E-state index contributed by atoms with van der Waals surface area (Å²) < 4.78 is 5.42. The maximum Gasteiger partial charge on any atom is 0.262 e. The molecule has 0 aliphatic rings. The van der Waals surface area contributed by atoms with Gasteiger partial charge in [-0.3, -0.25) is 14.9 Å². The van der Waals surface area contributed by atoms with Gasteiger partial charge in [-0.15, -0.1) is 11.3 Å². The standard InChI is InChI=1S/C19H15ClN4O3S/c1-9-3-4-11(6-13(9)20)5-12-7-21-19(28-12)24-17(26)14-10(2)27-18-15(14)16(25)22-8-23-18/h3-4,6-8H,5H2,1-2H3,(H,21,24,26)(H,22,23,25). The minimum Gasteiger partial charge on any atom is -0.442 e. The van der Waals surface area contributed by atoms with Crippen LogP contribution in [0.2, 0.25) is 5.02 Å². The number of aromatic amines is 1. The smallest absolute Gasteiger partial charge is 0.262 e. The molecule has 4 rings (SSSR count). The van der Waals surface area contributed by atoms with Gasteiger partial charge in [0.1, 0.15) is 11.1 Å². The Morgan fingerprint density at radius 3 is 2.93 bits per heavy atom. The average Bonchev–Trinajstić information content (AvgIpc) is 3.22. The molecule has 0 spiro atoms. The van der Waals surface area contributed by atoms with Gasteiger partial charge in [0.25, 0.3) is 11.5 Å². The van der Waals surface area contributed by atoms with Gasteiger partial charge in [-0.05, 0) is 31.0 Å². The molecule has 142 valence electrons. The molecule has 28 heavy (non-hydrogen) atoms. The lowest BCUT2D eigenvalue weighted by atomic mass is 10.1. The molecule has 0 atom stereocenters. The van der Waals surface area contributed by atoms with Crippen LogP contribution in [0.4, 0.5) is 5.13 Å². The molecule has 1 aromatic carbocycles. The van der Waals surface area contributed by atoms with E-state index in [1.54, 1.807) is 13.1 Å². The number of benzene rings is 1. The Morgan fingerprint density at radius 2 is 2.14 bits per heavy atom. The van der Waals surface area contributed by atoms with E-state index >= 15 is 0 Å². The van der Waals surface area contributed by atoms with Crippen LogP contribution in [0.15, 0.2) is 39.9 Å². The molecule has 7 nitrogen and oxygen atoms in total. The predicted molar refractivity (Wildman–Crippen MR) is 108 cm³/mol. The molecule has 3 heterocycles. The number of nitrogens with one attached hydrogen (secondary N) is 2. The molecule has 4 aromatic rings. The number of rotatable bonds is 4. The van der Waals surface area contributed by atoms with Gasteiger partial charge < -0.3 is 9.40 Å². The first-order valence-corrected chi connectivity index (χ1v) is 9.59. The van der Waals surface area contributed by atoms with Gasteiger partial charge in [-0.2, -0.15) is 0 Å². The summed E-state index contributed by atoms with van der Waals surface area (Å²) >= 11 is 7.54. The van der Waals surface area contributed by atoms with E-state index in [9.17, 15) is 9.59 Å². The maximum atomic E-state index is 12.7. The van der Waals surface area contributed by atoms with Crippen LogP contribution in [0.5, 0.6) is 0 Å². The van der Waals surface area contributed by atoms with Crippen LogP contribution in [0, 0.1) is 13.8 Å². The molecule has 0 radical (unpaired) electrons. The van der Waals surface area contributed by atoms with Gasteiger partial charge in [0.05, 0.1) is 11.9 Å². The quantitative estimate of drug-likeness (QED) is 0.523. The highest BCUT2D eigenvalue weighted by Crippen LogP contribution is 2.26. The summed E-state index contributed by atoms with van der Waals surface area (Å²) in [6.45, 7) is 3.57. The summed E-state index contributed by atoms with van der Waals surface area (Å²) in [6, 6.07) is 5.91. The molecule has 9 heteroatoms. The fourth-order valence-corrected chi connectivity index (χ4v) is 3.93. The Hall–Kier alpha value is -2.97. The summed E-state index contributed by atoms with van der Waals surface area (Å²) in [5.74, 6) is -0.142. The average molecular weight is 415 g/mol. The van der Waals surface area contributed by atoms with E-state index in [4.69, 9.17) is 16.0 Å². The topological polar surface area (TPSA) is 101 Å². The number of carbonyl (C=O) groups excluding carboxylic acids is 1. The van der Waals surface area contributed by atoms with Gasteiger partial charge in [0.15, 0.2) is 5.13 Å². The monoisotopic (exact) mass is 414 g/mol. The Bertz CT molecular complexity index is 1260. The van der Waals surface area contributed by atoms with Crippen molar-refractivity contribution in [2.45, 2.75) is 20.3 Å². The molecule has 0 bridgehead atoms. The van der Waals surface area contributed by atoms with E-state index in [0.29, 0.717) is 17.3 Å². The lowest BCUT2D eigenvalue weighted by Gasteiger charge is -2.02. The first-order valence-electron chi connectivity index (χ1n) is 8.40. The normalized spacial score (nSPS) is 11.1. The van der Waals surface area contributed by atoms with Crippen molar-refractivity contribution in [3.8, 4) is 0 Å². The van der Waals surface area contributed by atoms with Gasteiger partial charge in [0, 0.05) is 22.5 Å². The molecule has 0 aliphatic carbocycles. The molecule has 2 N–H and O–H groups in total. The Labute approximate surface area is 168 Å². The zero-order valence-electron chi connectivity index (χ0n) is 15.0. The zero-order valence-corrected chi connectivity index (χ0v) is 16.6. The zero-order chi connectivity index (χ0) is 19.8. The second kappa shape index (κ2) is 7.21. The minimum absolute atomic E-state index is 0.127. The van der Waals surface area contributed by atoms with Gasteiger partial charge >= 0.3 is 0 Å². The molecule has 0 aliphatic heterocycles. The highest BCUT2D eigenvalue weighted by Gasteiger charge is 2.22. The van der Waals surface area contributed by atoms with Crippen molar-refractivity contribution in [2.75, 3.05) is 5.32 Å². The van der Waals surface area contributed by atoms with Crippen molar-refractivity contribution in [1.29, 1.82) is 0 Å². The largest absolute Gasteiger partial charge is 0.442 e. The second-order valence-electron chi connectivity index (χ2n) is 6.29. The summed E-state index contributed by atoms with van der Waals surface area (Å²) in [6.07, 6.45) is 3.60. The number of amides is 1. The van der Waals surface area contributed by atoms with E-state index in [-0.39, 0.29) is 16.7 Å². The van der Waals surface area contributed by atoms with Gasteiger partial charge in [-0.1, -0.05) is 23.7 Å². The van der Waals surface area contributed by atoms with Crippen LogP contribution in [-0.4, -0.2) is 20.9 Å². The van der Waals surface area contributed by atoms with Crippen molar-refractivity contribution >= 4 is 45.1 Å². The van der Waals surface area contributed by atoms with Crippen LogP contribution in [-0.2, 0) is 6.42 Å². The maximum absolute atomic E-state index is 12.7. The van der Waals surface area contributed by atoms with E-state index in [2.05, 4.69) is 20.3 Å². The van der Waals surface area contributed by atoms with E-state index in [1.807, 2.05) is 25.1 Å². The number of aromatic nitrogens is 3. The number of hydrogen-bond donors (Lipinski definition) is 2. The lowest BCUT2D eigenvalue weighted by molar-refractivity contribution is 0.102. The van der Waals surface area contributed by atoms with Crippen molar-refractivity contribution in [2.24, 2.45) is 0 Å². The summed E-state index contributed by atoms with van der Waals surface area (Å²) in [7, 11) is 0. The van der Waals surface area contributed by atoms with E-state index in [0.717, 1.165) is 21.0 Å². The Balaban J connectivity index is 1.56. The van der Waals surface area contributed by atoms with Crippen LogP contribution in [0.1, 0.15) is 32.1 Å². The fraction of sp³-hybridized carbons (Fsp3) is 0.158. The van der Waals surface area contributed by atoms with Crippen molar-refractivity contribution in [3.05, 3.63) is 73.4 Å². The summed E-state index contributed by atoms with van der Waals surface area (Å²) in [5.41, 5.74) is 1.94. The molecule has 1 amide bonds. The molecular formula is C19H15ClN4O3S. The number of fused-ring (bicyclic) bond motifs is 1. The number of anilines is 1. The Kier molecular flexibility index (Phi) is 4.74. The number of thiazole rings is 1. The lowest BCUT2D eigenvalue weighted by Crippen LogP contribution is -2.16. The third-order valence-corrected chi connectivity index (χ3v) is 5.61. The van der Waals surface area contributed by atoms with Crippen LogP contribution >= 0.6 is 22.9 Å². The second-order valence-corrected chi connectivity index (χ2v) is 7.81. The summed E-state index contributed by atoms with van der Waals surface area (Å²) in [4.78, 5) is 36.4. The molecule has 0 saturated heterocycles. The first-order chi connectivity index (χ1) is 13.4. The number of nitrogens with zero attached hydrogens (tertiary/aromatic N) is 2. The van der Waals surface area contributed by atoms with E-state index in [1.165, 1.54) is 17.7 Å². The van der Waals surface area contributed by atoms with Crippen molar-refractivity contribution in [1.82, 2.24) is 15.0 Å². The molecule has 0 unspecified atom stereocenters. The molecule has 0 fully saturated rings. The van der Waals surface area contributed by atoms with Crippen molar-refractivity contribution in [3.63, 3.8) is 0 Å². The number of halogens is 1. The third-order valence-electron chi connectivity index (χ3n) is 4.29. The van der Waals surface area contributed by atoms with Crippen LogP contribution in [0.25, 0.3) is 11.1 Å². The first kappa shape index (κ1) is 18.4. The molecular weight excluding hydrogens is 400 g/mol. The third kappa shape index (κ3) is 3.44. The van der Waals surface area contributed by atoms with Gasteiger partial charge in [-0.25, -0.2) is 9.97 Å². The number of aryl methyl sites for hydroxylation is 2. The van der Waals surface area contributed by atoms with Crippen molar-refractivity contribution < 1.29 is 9.21 Å². The minimum atomic E-state index is -0.464. The summed E-state index contributed by atoms with van der Waals surface area (Å²) in [5, 5.41) is 4.02. The molecule has 0 saturated carbocycles. The highest BCUT2D eigenvalue weighted by atomic mass is 35.5. The molecule has 3 aromatic heterocycles. The SMILES string of the molecule is Cc1ccc(Cc2cnc(NC(=O)c3c(C)oc4nc[nH]c(=O)c34)s2)cc1Cl.